The van der Waals surface area contributed by atoms with Crippen molar-refractivity contribution >= 4 is 5.91 Å². The molecule has 3 aromatic rings. The summed E-state index contributed by atoms with van der Waals surface area (Å²) in [5.74, 6) is 2.10. The average Bonchev–Trinajstić information content (AvgIpc) is 3.77. The summed E-state index contributed by atoms with van der Waals surface area (Å²) in [4.78, 5) is 14.4. The highest BCUT2D eigenvalue weighted by Gasteiger charge is 2.24. The molecule has 1 aliphatic rings. The molecular formula is C36H48N2O3. The minimum Gasteiger partial charge on any atom is -0.508 e. The lowest BCUT2D eigenvalue weighted by Crippen LogP contribution is -2.38. The summed E-state index contributed by atoms with van der Waals surface area (Å²) in [6.07, 6.45) is 5.59. The van der Waals surface area contributed by atoms with Crippen molar-refractivity contribution < 1.29 is 14.6 Å². The van der Waals surface area contributed by atoms with Gasteiger partial charge in [0, 0.05) is 43.0 Å². The number of benzene rings is 3. The van der Waals surface area contributed by atoms with E-state index >= 15 is 0 Å². The van der Waals surface area contributed by atoms with Crippen molar-refractivity contribution in [2.75, 3.05) is 19.7 Å². The number of ether oxygens (including phenoxy) is 1. The number of carbonyl (C=O) groups is 1. The van der Waals surface area contributed by atoms with E-state index in [0.717, 1.165) is 42.7 Å². The maximum atomic E-state index is 11.9. The largest absolute Gasteiger partial charge is 0.508 e. The molecule has 0 spiro atoms. The fourth-order valence-electron chi connectivity index (χ4n) is 5.66. The van der Waals surface area contributed by atoms with Gasteiger partial charge in [-0.2, -0.15) is 0 Å². The molecule has 1 amide bonds. The van der Waals surface area contributed by atoms with Gasteiger partial charge in [-0.15, -0.1) is 0 Å². The van der Waals surface area contributed by atoms with Gasteiger partial charge in [-0.25, -0.2) is 0 Å². The van der Waals surface area contributed by atoms with E-state index in [1.807, 2.05) is 30.3 Å². The van der Waals surface area contributed by atoms with Crippen LogP contribution in [0.15, 0.2) is 72.8 Å². The van der Waals surface area contributed by atoms with E-state index < -0.39 is 0 Å². The van der Waals surface area contributed by atoms with Crippen LogP contribution in [-0.4, -0.2) is 47.7 Å². The van der Waals surface area contributed by atoms with Crippen LogP contribution >= 0.6 is 0 Å². The molecule has 0 radical (unpaired) electrons. The molecule has 0 bridgehead atoms. The predicted molar refractivity (Wildman–Crippen MR) is 168 cm³/mol. The predicted octanol–water partition coefficient (Wildman–Crippen LogP) is 7.11. The summed E-state index contributed by atoms with van der Waals surface area (Å²) in [5, 5.41) is 14.0. The number of phenolic OH excluding ortho intramolecular Hbond substituents is 1. The quantitative estimate of drug-likeness (QED) is 0.197. The SMILES string of the molecule is CC(C)N(CC[C@H](c1ccccc1)c1cc(CCOc2ccc(CCNC(=O)CC3CC3)cc2)ccc1O)C(C)C. The fourth-order valence-corrected chi connectivity index (χ4v) is 5.66. The Morgan fingerprint density at radius 2 is 1.61 bits per heavy atom. The monoisotopic (exact) mass is 556 g/mol. The van der Waals surface area contributed by atoms with Crippen molar-refractivity contribution in [1.82, 2.24) is 10.2 Å². The molecule has 0 aromatic heterocycles. The maximum Gasteiger partial charge on any atom is 0.220 e. The summed E-state index contributed by atoms with van der Waals surface area (Å²) >= 11 is 0. The molecule has 5 nitrogen and oxygen atoms in total. The van der Waals surface area contributed by atoms with Crippen LogP contribution in [-0.2, 0) is 17.6 Å². The maximum absolute atomic E-state index is 11.9. The summed E-state index contributed by atoms with van der Waals surface area (Å²) in [6, 6.07) is 25.6. The van der Waals surface area contributed by atoms with Crippen molar-refractivity contribution in [1.29, 1.82) is 0 Å². The van der Waals surface area contributed by atoms with Gasteiger partial charge in [0.1, 0.15) is 11.5 Å². The van der Waals surface area contributed by atoms with Gasteiger partial charge in [0.15, 0.2) is 0 Å². The Morgan fingerprint density at radius 3 is 2.27 bits per heavy atom. The van der Waals surface area contributed by atoms with E-state index in [2.05, 4.69) is 80.4 Å². The number of phenols is 1. The Kier molecular flexibility index (Phi) is 11.3. The van der Waals surface area contributed by atoms with Crippen molar-refractivity contribution in [3.05, 3.63) is 95.1 Å². The Bertz CT molecular complexity index is 1210. The molecule has 3 aromatic carbocycles. The molecule has 0 heterocycles. The van der Waals surface area contributed by atoms with Crippen LogP contribution in [0.25, 0.3) is 0 Å². The molecule has 5 heteroatoms. The highest BCUT2D eigenvalue weighted by atomic mass is 16.5. The minimum absolute atomic E-state index is 0.114. The van der Waals surface area contributed by atoms with Gasteiger partial charge < -0.3 is 15.2 Å². The van der Waals surface area contributed by atoms with Crippen molar-refractivity contribution in [2.24, 2.45) is 5.92 Å². The van der Waals surface area contributed by atoms with Gasteiger partial charge in [-0.1, -0.05) is 54.6 Å². The van der Waals surface area contributed by atoms with Crippen molar-refractivity contribution in [2.45, 2.75) is 84.2 Å². The molecule has 2 N–H and O–H groups in total. The van der Waals surface area contributed by atoms with Crippen LogP contribution in [0.1, 0.15) is 81.5 Å². The third kappa shape index (κ3) is 9.64. The fraction of sp³-hybridized carbons (Fsp3) is 0.472. The number of hydrogen-bond donors (Lipinski definition) is 2. The standard InChI is InChI=1S/C36H48N2O3/c1-26(2)38(27(3)4)22-19-33(31-8-6-5-7-9-31)34-24-30(14-17-35(34)39)20-23-41-32-15-12-28(13-16-32)18-21-37-36(40)25-29-10-11-29/h5-9,12-17,24,26-27,29,33,39H,10-11,18-23,25H2,1-4H3,(H,37,40)/t33-/m1/s1. The van der Waals surface area contributed by atoms with Crippen LogP contribution in [0.2, 0.25) is 0 Å². The average molecular weight is 557 g/mol. The van der Waals surface area contributed by atoms with E-state index in [0.29, 0.717) is 43.3 Å². The number of nitrogens with zero attached hydrogens (tertiary/aromatic N) is 1. The first-order valence-electron chi connectivity index (χ1n) is 15.4. The van der Waals surface area contributed by atoms with E-state index in [1.165, 1.54) is 24.0 Å². The Hall–Kier alpha value is -3.31. The molecule has 4 rings (SSSR count). The number of nitrogens with one attached hydrogen (secondary N) is 1. The Balaban J connectivity index is 1.33. The normalized spacial score (nSPS) is 14.0. The highest BCUT2D eigenvalue weighted by molar-refractivity contribution is 5.76. The summed E-state index contributed by atoms with van der Waals surface area (Å²) in [7, 11) is 0. The number of amides is 1. The molecular weight excluding hydrogens is 508 g/mol. The lowest BCUT2D eigenvalue weighted by Gasteiger charge is -2.32. The molecule has 1 aliphatic carbocycles. The molecule has 41 heavy (non-hydrogen) atoms. The first-order chi connectivity index (χ1) is 19.8. The second kappa shape index (κ2) is 15.1. The van der Waals surface area contributed by atoms with Crippen molar-refractivity contribution in [3.63, 3.8) is 0 Å². The van der Waals surface area contributed by atoms with Gasteiger partial charge in [0.25, 0.3) is 0 Å². The molecule has 1 saturated carbocycles. The molecule has 1 fully saturated rings. The van der Waals surface area contributed by atoms with Gasteiger partial charge in [-0.05, 0) is 101 Å². The summed E-state index contributed by atoms with van der Waals surface area (Å²) < 4.78 is 6.07. The number of hydrogen-bond acceptors (Lipinski definition) is 4. The van der Waals surface area contributed by atoms with Gasteiger partial charge in [0.05, 0.1) is 6.61 Å². The van der Waals surface area contributed by atoms with E-state index in [-0.39, 0.29) is 11.8 Å². The third-order valence-electron chi connectivity index (χ3n) is 8.16. The summed E-state index contributed by atoms with van der Waals surface area (Å²) in [6.45, 7) is 11.2. The summed E-state index contributed by atoms with van der Waals surface area (Å²) in [5.41, 5.74) is 4.55. The highest BCUT2D eigenvalue weighted by Crippen LogP contribution is 2.35. The Morgan fingerprint density at radius 1 is 0.927 bits per heavy atom. The Labute approximate surface area is 246 Å². The first kappa shape index (κ1) is 30.6. The topological polar surface area (TPSA) is 61.8 Å². The van der Waals surface area contributed by atoms with E-state index in [4.69, 9.17) is 4.74 Å². The number of carbonyl (C=O) groups excluding carboxylic acids is 1. The van der Waals surface area contributed by atoms with Crippen LogP contribution in [0.5, 0.6) is 11.5 Å². The first-order valence-corrected chi connectivity index (χ1v) is 15.4. The molecule has 220 valence electrons. The van der Waals surface area contributed by atoms with E-state index in [1.54, 1.807) is 0 Å². The smallest absolute Gasteiger partial charge is 0.220 e. The van der Waals surface area contributed by atoms with E-state index in [9.17, 15) is 9.90 Å². The molecule has 0 aliphatic heterocycles. The van der Waals surface area contributed by atoms with Crippen LogP contribution in [0, 0.1) is 5.92 Å². The second-order valence-corrected chi connectivity index (χ2v) is 12.1. The molecule has 0 saturated heterocycles. The zero-order valence-corrected chi connectivity index (χ0v) is 25.3. The van der Waals surface area contributed by atoms with Crippen LogP contribution < -0.4 is 10.1 Å². The zero-order chi connectivity index (χ0) is 29.2. The molecule has 0 unspecified atom stereocenters. The lowest BCUT2D eigenvalue weighted by molar-refractivity contribution is -0.121. The number of rotatable bonds is 16. The second-order valence-electron chi connectivity index (χ2n) is 12.1. The van der Waals surface area contributed by atoms with Gasteiger partial charge in [0.2, 0.25) is 5.91 Å². The van der Waals surface area contributed by atoms with Crippen LogP contribution in [0.3, 0.4) is 0 Å². The van der Waals surface area contributed by atoms with Gasteiger partial charge >= 0.3 is 0 Å². The zero-order valence-electron chi connectivity index (χ0n) is 25.3. The minimum atomic E-state index is 0.114. The van der Waals surface area contributed by atoms with Crippen LogP contribution in [0.4, 0.5) is 0 Å². The molecule has 1 atom stereocenters. The number of aromatic hydroxyl groups is 1. The lowest BCUT2D eigenvalue weighted by atomic mass is 9.86. The van der Waals surface area contributed by atoms with Crippen molar-refractivity contribution in [3.8, 4) is 11.5 Å². The van der Waals surface area contributed by atoms with Gasteiger partial charge in [-0.3, -0.25) is 9.69 Å². The third-order valence-corrected chi connectivity index (χ3v) is 8.16.